The summed E-state index contributed by atoms with van der Waals surface area (Å²) in [6.07, 6.45) is 7.02. The van der Waals surface area contributed by atoms with E-state index in [9.17, 15) is 0 Å². The van der Waals surface area contributed by atoms with Crippen molar-refractivity contribution in [3.05, 3.63) is 29.7 Å². The van der Waals surface area contributed by atoms with Crippen LogP contribution in [0.5, 0.6) is 0 Å². The van der Waals surface area contributed by atoms with E-state index in [1.165, 1.54) is 32.4 Å². The Labute approximate surface area is 113 Å². The zero-order valence-electron chi connectivity index (χ0n) is 11.3. The summed E-state index contributed by atoms with van der Waals surface area (Å²) in [4.78, 5) is 2.53. The van der Waals surface area contributed by atoms with Crippen molar-refractivity contribution >= 4 is 5.65 Å². The SMILES string of the molecule is NCc1cccn2c(CCN3CCCCC3)nnc12. The normalized spacial score (nSPS) is 17.1. The van der Waals surface area contributed by atoms with E-state index in [1.54, 1.807) is 0 Å². The number of hydrogen-bond acceptors (Lipinski definition) is 4. The molecular formula is C14H21N5. The fourth-order valence-electron chi connectivity index (χ4n) is 2.79. The van der Waals surface area contributed by atoms with Gasteiger partial charge in [-0.1, -0.05) is 12.5 Å². The number of hydrogen-bond donors (Lipinski definition) is 1. The highest BCUT2D eigenvalue weighted by Gasteiger charge is 2.12. The lowest BCUT2D eigenvalue weighted by Crippen LogP contribution is -2.31. The lowest BCUT2D eigenvalue weighted by atomic mass is 10.1. The lowest BCUT2D eigenvalue weighted by molar-refractivity contribution is 0.230. The van der Waals surface area contributed by atoms with Gasteiger partial charge in [-0.2, -0.15) is 0 Å². The fraction of sp³-hybridized carbons (Fsp3) is 0.571. The maximum atomic E-state index is 5.73. The van der Waals surface area contributed by atoms with E-state index in [4.69, 9.17) is 5.73 Å². The maximum Gasteiger partial charge on any atom is 0.165 e. The van der Waals surface area contributed by atoms with Gasteiger partial charge >= 0.3 is 0 Å². The molecule has 2 aromatic rings. The molecule has 0 bridgehead atoms. The van der Waals surface area contributed by atoms with E-state index >= 15 is 0 Å². The van der Waals surface area contributed by atoms with Crippen molar-refractivity contribution in [2.45, 2.75) is 32.2 Å². The highest BCUT2D eigenvalue weighted by atomic mass is 15.3. The molecule has 102 valence electrons. The number of likely N-dealkylation sites (tertiary alicyclic amines) is 1. The number of rotatable bonds is 4. The van der Waals surface area contributed by atoms with Crippen LogP contribution < -0.4 is 5.73 Å². The third kappa shape index (κ3) is 2.62. The summed E-state index contributed by atoms with van der Waals surface area (Å²) in [5.74, 6) is 1.04. The predicted octanol–water partition coefficient (Wildman–Crippen LogP) is 1.22. The molecule has 1 saturated heterocycles. The van der Waals surface area contributed by atoms with Crippen molar-refractivity contribution in [1.82, 2.24) is 19.5 Å². The molecule has 1 fully saturated rings. The Morgan fingerprint density at radius 1 is 1.16 bits per heavy atom. The number of pyridine rings is 1. The Bertz CT molecular complexity index is 542. The van der Waals surface area contributed by atoms with Crippen LogP contribution in [0.1, 0.15) is 30.7 Å². The van der Waals surface area contributed by atoms with E-state index in [1.807, 2.05) is 18.3 Å². The highest BCUT2D eigenvalue weighted by Crippen LogP contribution is 2.12. The molecule has 0 aromatic carbocycles. The zero-order valence-corrected chi connectivity index (χ0v) is 11.3. The van der Waals surface area contributed by atoms with Crippen molar-refractivity contribution in [1.29, 1.82) is 0 Å². The first-order valence-corrected chi connectivity index (χ1v) is 7.12. The average Bonchev–Trinajstić information content (AvgIpc) is 2.89. The fourth-order valence-corrected chi connectivity index (χ4v) is 2.79. The molecule has 3 heterocycles. The van der Waals surface area contributed by atoms with Crippen molar-refractivity contribution < 1.29 is 0 Å². The Hall–Kier alpha value is -1.46. The zero-order chi connectivity index (χ0) is 13.1. The highest BCUT2D eigenvalue weighted by molar-refractivity contribution is 5.47. The Balaban J connectivity index is 1.74. The number of nitrogens with zero attached hydrogens (tertiary/aromatic N) is 4. The number of piperidine rings is 1. The number of fused-ring (bicyclic) bond motifs is 1. The maximum absolute atomic E-state index is 5.73. The predicted molar refractivity (Wildman–Crippen MR) is 74.9 cm³/mol. The van der Waals surface area contributed by atoms with Crippen LogP contribution in [0.2, 0.25) is 0 Å². The van der Waals surface area contributed by atoms with Crippen LogP contribution in [-0.2, 0) is 13.0 Å². The second-order valence-corrected chi connectivity index (χ2v) is 5.20. The Morgan fingerprint density at radius 3 is 2.79 bits per heavy atom. The van der Waals surface area contributed by atoms with Gasteiger partial charge in [0.25, 0.3) is 0 Å². The van der Waals surface area contributed by atoms with Gasteiger partial charge in [0, 0.05) is 31.3 Å². The van der Waals surface area contributed by atoms with Crippen LogP contribution >= 0.6 is 0 Å². The molecule has 0 spiro atoms. The van der Waals surface area contributed by atoms with Crippen molar-refractivity contribution in [2.75, 3.05) is 19.6 Å². The molecule has 0 atom stereocenters. The van der Waals surface area contributed by atoms with Crippen molar-refractivity contribution in [3.63, 3.8) is 0 Å². The van der Waals surface area contributed by atoms with Crippen LogP contribution in [0.25, 0.3) is 5.65 Å². The number of aromatic nitrogens is 3. The molecule has 19 heavy (non-hydrogen) atoms. The second-order valence-electron chi connectivity index (χ2n) is 5.20. The molecule has 0 radical (unpaired) electrons. The molecular weight excluding hydrogens is 238 g/mol. The van der Waals surface area contributed by atoms with Crippen LogP contribution in [0.3, 0.4) is 0 Å². The van der Waals surface area contributed by atoms with E-state index in [-0.39, 0.29) is 0 Å². The van der Waals surface area contributed by atoms with E-state index in [2.05, 4.69) is 19.5 Å². The van der Waals surface area contributed by atoms with Gasteiger partial charge in [-0.15, -0.1) is 10.2 Å². The van der Waals surface area contributed by atoms with Gasteiger partial charge in [-0.3, -0.25) is 4.40 Å². The van der Waals surface area contributed by atoms with Crippen molar-refractivity contribution in [3.8, 4) is 0 Å². The van der Waals surface area contributed by atoms with Gasteiger partial charge in [0.15, 0.2) is 5.65 Å². The van der Waals surface area contributed by atoms with E-state index < -0.39 is 0 Å². The quantitative estimate of drug-likeness (QED) is 0.897. The summed E-state index contributed by atoms with van der Waals surface area (Å²) in [6, 6.07) is 4.03. The molecule has 0 aliphatic carbocycles. The summed E-state index contributed by atoms with van der Waals surface area (Å²) >= 11 is 0. The molecule has 5 heteroatoms. The summed E-state index contributed by atoms with van der Waals surface area (Å²) in [5.41, 5.74) is 7.68. The smallest absolute Gasteiger partial charge is 0.165 e. The topological polar surface area (TPSA) is 59.5 Å². The van der Waals surface area contributed by atoms with Gasteiger partial charge in [-0.05, 0) is 32.0 Å². The molecule has 1 aliphatic heterocycles. The average molecular weight is 259 g/mol. The molecule has 3 rings (SSSR count). The molecule has 0 saturated carbocycles. The van der Waals surface area contributed by atoms with Crippen LogP contribution in [0.4, 0.5) is 0 Å². The van der Waals surface area contributed by atoms with Gasteiger partial charge in [0.2, 0.25) is 0 Å². The molecule has 1 aliphatic rings. The van der Waals surface area contributed by atoms with E-state index in [0.717, 1.165) is 30.0 Å². The van der Waals surface area contributed by atoms with Crippen molar-refractivity contribution in [2.24, 2.45) is 5.73 Å². The van der Waals surface area contributed by atoms with Crippen LogP contribution in [0.15, 0.2) is 18.3 Å². The van der Waals surface area contributed by atoms with Gasteiger partial charge in [0.05, 0.1) is 0 Å². The van der Waals surface area contributed by atoms with Gasteiger partial charge in [-0.25, -0.2) is 0 Å². The molecule has 2 aromatic heterocycles. The lowest BCUT2D eigenvalue weighted by Gasteiger charge is -2.25. The minimum absolute atomic E-state index is 0.509. The standard InChI is InChI=1S/C14H21N5/c15-11-12-5-4-9-19-13(16-17-14(12)19)6-10-18-7-2-1-3-8-18/h4-5,9H,1-3,6-8,10-11,15H2. The van der Waals surface area contributed by atoms with Gasteiger partial charge in [0.1, 0.15) is 5.82 Å². The van der Waals surface area contributed by atoms with Crippen LogP contribution in [-0.4, -0.2) is 39.1 Å². The summed E-state index contributed by atoms with van der Waals surface area (Å²) in [6.45, 7) is 4.04. The van der Waals surface area contributed by atoms with Crippen LogP contribution in [0, 0.1) is 0 Å². The third-order valence-corrected chi connectivity index (χ3v) is 3.91. The minimum atomic E-state index is 0.509. The first kappa shape index (κ1) is 12.6. The minimum Gasteiger partial charge on any atom is -0.326 e. The first-order valence-electron chi connectivity index (χ1n) is 7.12. The van der Waals surface area contributed by atoms with Gasteiger partial charge < -0.3 is 10.6 Å². The first-order chi connectivity index (χ1) is 9.38. The molecule has 0 amide bonds. The Morgan fingerprint density at radius 2 is 2.00 bits per heavy atom. The summed E-state index contributed by atoms with van der Waals surface area (Å²) < 4.78 is 2.08. The summed E-state index contributed by atoms with van der Waals surface area (Å²) in [7, 11) is 0. The monoisotopic (exact) mass is 259 g/mol. The largest absolute Gasteiger partial charge is 0.326 e. The molecule has 2 N–H and O–H groups in total. The Kier molecular flexibility index (Phi) is 3.75. The van der Waals surface area contributed by atoms with E-state index in [0.29, 0.717) is 6.54 Å². The second kappa shape index (κ2) is 5.67. The summed E-state index contributed by atoms with van der Waals surface area (Å²) in [5, 5.41) is 8.59. The number of nitrogens with two attached hydrogens (primary N) is 1. The molecule has 0 unspecified atom stereocenters. The third-order valence-electron chi connectivity index (χ3n) is 3.91. The molecule has 5 nitrogen and oxygen atoms in total.